The number of hydrogen-bond acceptors (Lipinski definition) is 4. The smallest absolute Gasteiger partial charge is 0.236 e. The molecule has 0 aliphatic carbocycles. The van der Waals surface area contributed by atoms with Crippen LogP contribution in [0.2, 0.25) is 0 Å². The van der Waals surface area contributed by atoms with Crippen molar-refractivity contribution in [1.82, 2.24) is 5.32 Å². The quantitative estimate of drug-likeness (QED) is 0.806. The first-order valence-electron chi connectivity index (χ1n) is 6.24. The monoisotopic (exact) mass is 266 g/mol. The summed E-state index contributed by atoms with van der Waals surface area (Å²) in [7, 11) is 3.27. The number of aryl methyl sites for hydroxylation is 1. The Labute approximate surface area is 114 Å². The molecule has 0 heterocycles. The van der Waals surface area contributed by atoms with Gasteiger partial charge in [0.2, 0.25) is 5.91 Å². The van der Waals surface area contributed by atoms with Crippen molar-refractivity contribution < 1.29 is 14.3 Å². The van der Waals surface area contributed by atoms with E-state index in [1.165, 1.54) is 0 Å². The molecule has 1 rings (SSSR count). The largest absolute Gasteiger partial charge is 0.496 e. The second-order valence-electron chi connectivity index (χ2n) is 4.46. The van der Waals surface area contributed by atoms with Crippen LogP contribution < -0.4 is 20.5 Å². The molecule has 106 valence electrons. The van der Waals surface area contributed by atoms with Gasteiger partial charge >= 0.3 is 0 Å². The maximum Gasteiger partial charge on any atom is 0.236 e. The topological polar surface area (TPSA) is 73.6 Å². The summed E-state index contributed by atoms with van der Waals surface area (Å²) in [5, 5.41) is 2.77. The minimum absolute atomic E-state index is 0.155. The predicted octanol–water partition coefficient (Wildman–Crippen LogP) is 1.02. The van der Waals surface area contributed by atoms with E-state index in [4.69, 9.17) is 15.2 Å². The minimum Gasteiger partial charge on any atom is -0.496 e. The lowest BCUT2D eigenvalue weighted by atomic mass is 10.1. The van der Waals surface area contributed by atoms with Gasteiger partial charge in [-0.05, 0) is 43.5 Å². The van der Waals surface area contributed by atoms with Crippen LogP contribution >= 0.6 is 0 Å². The Morgan fingerprint density at radius 3 is 2.47 bits per heavy atom. The number of benzene rings is 1. The molecule has 0 saturated carbocycles. The number of carbonyl (C=O) groups is 1. The van der Waals surface area contributed by atoms with Crippen molar-refractivity contribution in [2.45, 2.75) is 26.3 Å². The number of nitrogens with one attached hydrogen (secondary N) is 1. The van der Waals surface area contributed by atoms with E-state index in [-0.39, 0.29) is 5.91 Å². The second kappa shape index (κ2) is 6.99. The van der Waals surface area contributed by atoms with E-state index >= 15 is 0 Å². The van der Waals surface area contributed by atoms with Crippen molar-refractivity contribution in [3.05, 3.63) is 23.3 Å². The highest BCUT2D eigenvalue weighted by Crippen LogP contribution is 2.28. The number of methoxy groups -OCH3 is 2. The van der Waals surface area contributed by atoms with E-state index in [9.17, 15) is 4.79 Å². The Morgan fingerprint density at radius 2 is 1.95 bits per heavy atom. The fourth-order valence-corrected chi connectivity index (χ4v) is 1.79. The Kier molecular flexibility index (Phi) is 5.63. The zero-order valence-corrected chi connectivity index (χ0v) is 11.9. The summed E-state index contributed by atoms with van der Waals surface area (Å²) in [6.07, 6.45) is 0.665. The third-order valence-corrected chi connectivity index (χ3v) is 2.91. The van der Waals surface area contributed by atoms with Crippen molar-refractivity contribution in [3.63, 3.8) is 0 Å². The van der Waals surface area contributed by atoms with Crippen LogP contribution in [-0.2, 0) is 11.2 Å². The first-order valence-corrected chi connectivity index (χ1v) is 6.24. The van der Waals surface area contributed by atoms with Gasteiger partial charge in [-0.3, -0.25) is 4.79 Å². The molecule has 5 nitrogen and oxygen atoms in total. The van der Waals surface area contributed by atoms with Crippen molar-refractivity contribution in [3.8, 4) is 11.5 Å². The van der Waals surface area contributed by atoms with Crippen LogP contribution in [0.25, 0.3) is 0 Å². The molecule has 1 aromatic rings. The summed E-state index contributed by atoms with van der Waals surface area (Å²) < 4.78 is 10.6. The third-order valence-electron chi connectivity index (χ3n) is 2.91. The molecule has 1 atom stereocenters. The second-order valence-corrected chi connectivity index (χ2v) is 4.46. The van der Waals surface area contributed by atoms with Gasteiger partial charge in [0.15, 0.2) is 0 Å². The number of rotatable bonds is 6. The first-order chi connectivity index (χ1) is 8.99. The molecule has 0 bridgehead atoms. The van der Waals surface area contributed by atoms with Crippen LogP contribution in [0.15, 0.2) is 12.1 Å². The van der Waals surface area contributed by atoms with Gasteiger partial charge in [-0.15, -0.1) is 0 Å². The minimum atomic E-state index is -0.491. The maximum absolute atomic E-state index is 11.4. The summed E-state index contributed by atoms with van der Waals surface area (Å²) >= 11 is 0. The molecular formula is C14H22N2O3. The van der Waals surface area contributed by atoms with Gasteiger partial charge in [-0.2, -0.15) is 0 Å². The average molecular weight is 266 g/mol. The Hall–Kier alpha value is -1.75. The number of nitrogens with two attached hydrogens (primary N) is 1. The van der Waals surface area contributed by atoms with E-state index in [1.54, 1.807) is 21.1 Å². The molecule has 1 amide bonds. The molecule has 0 spiro atoms. The van der Waals surface area contributed by atoms with E-state index in [0.29, 0.717) is 13.0 Å². The van der Waals surface area contributed by atoms with Gasteiger partial charge in [0, 0.05) is 6.54 Å². The highest BCUT2D eigenvalue weighted by molar-refractivity contribution is 5.80. The summed E-state index contributed by atoms with van der Waals surface area (Å²) in [5.41, 5.74) is 7.49. The molecule has 1 unspecified atom stereocenters. The van der Waals surface area contributed by atoms with Crippen LogP contribution in [0.1, 0.15) is 18.1 Å². The predicted molar refractivity (Wildman–Crippen MR) is 74.6 cm³/mol. The molecule has 3 N–H and O–H groups in total. The SMILES string of the molecule is COc1cc(CCNC(=O)C(C)N)c(OC)cc1C. The van der Waals surface area contributed by atoms with Crippen LogP contribution in [0, 0.1) is 6.92 Å². The van der Waals surface area contributed by atoms with Gasteiger partial charge in [0.05, 0.1) is 20.3 Å². The van der Waals surface area contributed by atoms with Gasteiger partial charge in [0.1, 0.15) is 11.5 Å². The summed E-state index contributed by atoms with van der Waals surface area (Å²) in [6.45, 7) is 4.14. The van der Waals surface area contributed by atoms with Crippen LogP contribution in [-0.4, -0.2) is 32.7 Å². The normalized spacial score (nSPS) is 11.8. The Morgan fingerprint density at radius 1 is 1.32 bits per heavy atom. The molecule has 19 heavy (non-hydrogen) atoms. The lowest BCUT2D eigenvalue weighted by Crippen LogP contribution is -2.39. The highest BCUT2D eigenvalue weighted by atomic mass is 16.5. The maximum atomic E-state index is 11.4. The Bertz CT molecular complexity index is 445. The van der Waals surface area contributed by atoms with Crippen molar-refractivity contribution in [1.29, 1.82) is 0 Å². The molecule has 1 aromatic carbocycles. The van der Waals surface area contributed by atoms with E-state index in [2.05, 4.69) is 5.32 Å². The summed E-state index contributed by atoms with van der Waals surface area (Å²) in [4.78, 5) is 11.4. The summed E-state index contributed by atoms with van der Waals surface area (Å²) in [5.74, 6) is 1.46. The fraction of sp³-hybridized carbons (Fsp3) is 0.500. The van der Waals surface area contributed by atoms with Crippen molar-refractivity contribution in [2.24, 2.45) is 5.73 Å². The zero-order chi connectivity index (χ0) is 14.4. The number of carbonyl (C=O) groups excluding carboxylic acids is 1. The van der Waals surface area contributed by atoms with E-state index in [1.807, 2.05) is 19.1 Å². The average Bonchev–Trinajstić information content (AvgIpc) is 2.39. The van der Waals surface area contributed by atoms with E-state index < -0.39 is 6.04 Å². The van der Waals surface area contributed by atoms with Crippen molar-refractivity contribution >= 4 is 5.91 Å². The zero-order valence-electron chi connectivity index (χ0n) is 11.9. The molecule has 0 saturated heterocycles. The summed E-state index contributed by atoms with van der Waals surface area (Å²) in [6, 6.07) is 3.38. The van der Waals surface area contributed by atoms with Gasteiger partial charge in [-0.1, -0.05) is 0 Å². The molecule has 0 fully saturated rings. The molecular weight excluding hydrogens is 244 g/mol. The van der Waals surface area contributed by atoms with Crippen LogP contribution in [0.3, 0.4) is 0 Å². The molecule has 0 aliphatic heterocycles. The van der Waals surface area contributed by atoms with Crippen LogP contribution in [0.4, 0.5) is 0 Å². The highest BCUT2D eigenvalue weighted by Gasteiger charge is 2.10. The van der Waals surface area contributed by atoms with Gasteiger partial charge in [-0.25, -0.2) is 0 Å². The lowest BCUT2D eigenvalue weighted by Gasteiger charge is -2.14. The number of hydrogen-bond donors (Lipinski definition) is 2. The standard InChI is InChI=1S/C14H22N2O3/c1-9-7-13(19-4)11(8-12(9)18-3)5-6-16-14(17)10(2)15/h7-8,10H,5-6,15H2,1-4H3,(H,16,17). The number of ether oxygens (including phenoxy) is 2. The Balaban J connectivity index is 2.74. The van der Waals surface area contributed by atoms with Crippen molar-refractivity contribution in [2.75, 3.05) is 20.8 Å². The lowest BCUT2D eigenvalue weighted by molar-refractivity contribution is -0.121. The van der Waals surface area contributed by atoms with Crippen LogP contribution in [0.5, 0.6) is 11.5 Å². The number of amides is 1. The molecule has 0 aromatic heterocycles. The molecule has 5 heteroatoms. The van der Waals surface area contributed by atoms with Gasteiger partial charge in [0.25, 0.3) is 0 Å². The van der Waals surface area contributed by atoms with Gasteiger partial charge < -0.3 is 20.5 Å². The first kappa shape index (κ1) is 15.3. The molecule has 0 aliphatic rings. The third kappa shape index (κ3) is 4.13. The molecule has 0 radical (unpaired) electrons. The fourth-order valence-electron chi connectivity index (χ4n) is 1.79. The van der Waals surface area contributed by atoms with E-state index in [0.717, 1.165) is 22.6 Å².